The van der Waals surface area contributed by atoms with Crippen LogP contribution in [0.25, 0.3) is 0 Å². The van der Waals surface area contributed by atoms with Gasteiger partial charge >= 0.3 is 0 Å². The van der Waals surface area contributed by atoms with Gasteiger partial charge in [0, 0.05) is 40.8 Å². The number of aryl methyl sites for hydroxylation is 1. The van der Waals surface area contributed by atoms with Gasteiger partial charge in [0.15, 0.2) is 13.6 Å². The average Bonchev–Trinajstić information content (AvgIpc) is 2.79. The molecule has 1 aromatic rings. The van der Waals surface area contributed by atoms with E-state index in [9.17, 15) is 5.11 Å². The molecule has 38 heavy (non-hydrogen) atoms. The van der Waals surface area contributed by atoms with Crippen molar-refractivity contribution < 1.29 is 24.1 Å². The lowest BCUT2D eigenvalue weighted by Crippen LogP contribution is -2.27. The monoisotopic (exact) mass is 562 g/mol. The fourth-order valence-corrected chi connectivity index (χ4v) is 6.13. The lowest BCUT2D eigenvalue weighted by molar-refractivity contribution is 0.0160. The molecule has 0 heterocycles. The number of hydrogen-bond acceptors (Lipinski definition) is 5. The van der Waals surface area contributed by atoms with Crippen molar-refractivity contribution in [3.05, 3.63) is 47.1 Å². The Hall–Kier alpha value is -1.39. The van der Waals surface area contributed by atoms with E-state index < -0.39 is 22.3 Å². The zero-order valence-electron chi connectivity index (χ0n) is 25.6. The quantitative estimate of drug-likeness (QED) is 0.0957. The van der Waals surface area contributed by atoms with E-state index in [2.05, 4.69) is 71.0 Å². The molecule has 3 atom stereocenters. The van der Waals surface area contributed by atoms with E-state index in [0.29, 0.717) is 19.6 Å². The molecule has 0 bridgehead atoms. The van der Waals surface area contributed by atoms with Gasteiger partial charge in [-0.05, 0) is 68.0 Å². The van der Waals surface area contributed by atoms with Crippen LogP contribution >= 0.6 is 0 Å². The summed E-state index contributed by atoms with van der Waals surface area (Å²) in [5, 5.41) is 10.6. The van der Waals surface area contributed by atoms with E-state index in [-0.39, 0.29) is 25.4 Å². The molecule has 7 heteroatoms. The summed E-state index contributed by atoms with van der Waals surface area (Å²) < 4.78 is 24.6. The van der Waals surface area contributed by atoms with E-state index in [1.807, 2.05) is 13.8 Å². The van der Waals surface area contributed by atoms with Crippen molar-refractivity contribution in [3.8, 4) is 11.5 Å². The molecule has 1 aliphatic rings. The maximum atomic E-state index is 10.6. The fraction of sp³-hybridized carbons (Fsp3) is 0.677. The molecule has 2 rings (SSSR count). The van der Waals surface area contributed by atoms with E-state index in [1.165, 1.54) is 5.56 Å². The van der Waals surface area contributed by atoms with Crippen LogP contribution in [-0.2, 0) is 15.9 Å². The van der Waals surface area contributed by atoms with Crippen LogP contribution in [0.3, 0.4) is 0 Å². The molecule has 0 fully saturated rings. The van der Waals surface area contributed by atoms with E-state index in [0.717, 1.165) is 53.1 Å². The molecule has 5 nitrogen and oxygen atoms in total. The summed E-state index contributed by atoms with van der Waals surface area (Å²) in [6.07, 6.45) is 4.30. The number of benzene rings is 1. The van der Waals surface area contributed by atoms with Crippen molar-refractivity contribution in [2.45, 2.75) is 103 Å². The van der Waals surface area contributed by atoms with Crippen LogP contribution in [0.2, 0.25) is 51.4 Å². The molecule has 0 spiro atoms. The average molecular weight is 563 g/mol. The Bertz CT molecular complexity index is 884. The second-order valence-electron chi connectivity index (χ2n) is 13.4. The van der Waals surface area contributed by atoms with Gasteiger partial charge < -0.3 is 24.1 Å². The lowest BCUT2D eigenvalue weighted by atomic mass is 9.72. The first kappa shape index (κ1) is 32.8. The van der Waals surface area contributed by atoms with Gasteiger partial charge in [0.05, 0.1) is 6.10 Å². The number of allylic oxidation sites excluding steroid dienone is 2. The topological polar surface area (TPSA) is 57.2 Å². The van der Waals surface area contributed by atoms with Crippen molar-refractivity contribution in [2.24, 2.45) is 5.92 Å². The standard InChI is InChI=1S/C31H54O5Si2/c1-11-12-25-18-29(35-21-33-13-15-37(5,6)7)31(27-17-24(4)28(32)20-26(27)23(2)3)30(19-25)36-22-34-14-16-38(8,9)10/h17-19,26-28,32H,2,11-16,20-22H2,1,3-10H3/t26-,27+,28-/m0/s1. The zero-order valence-corrected chi connectivity index (χ0v) is 27.6. The molecule has 0 saturated carbocycles. The number of aliphatic hydroxyl groups excluding tert-OH is 1. The van der Waals surface area contributed by atoms with Gasteiger partial charge in [-0.1, -0.05) is 70.9 Å². The molecule has 1 N–H and O–H groups in total. The molecule has 0 radical (unpaired) electrons. The Kier molecular flexibility index (Phi) is 12.8. The summed E-state index contributed by atoms with van der Waals surface area (Å²) in [5.74, 6) is 1.65. The highest BCUT2D eigenvalue weighted by molar-refractivity contribution is 6.76. The Morgan fingerprint density at radius 3 is 1.87 bits per heavy atom. The van der Waals surface area contributed by atoms with Crippen LogP contribution in [0, 0.1) is 5.92 Å². The first-order valence-electron chi connectivity index (χ1n) is 14.3. The normalized spacial score (nSPS) is 20.3. The molecule has 0 aliphatic heterocycles. The van der Waals surface area contributed by atoms with Gasteiger partial charge in [-0.3, -0.25) is 0 Å². The van der Waals surface area contributed by atoms with Gasteiger partial charge in [0.2, 0.25) is 0 Å². The van der Waals surface area contributed by atoms with Crippen LogP contribution in [0.1, 0.15) is 50.7 Å². The molecular formula is C31H54O5Si2. The largest absolute Gasteiger partial charge is 0.467 e. The third-order valence-electron chi connectivity index (χ3n) is 7.14. The predicted molar refractivity (Wildman–Crippen MR) is 165 cm³/mol. The summed E-state index contributed by atoms with van der Waals surface area (Å²) in [6.45, 7) is 26.4. The highest BCUT2D eigenvalue weighted by Gasteiger charge is 2.34. The van der Waals surface area contributed by atoms with E-state index >= 15 is 0 Å². The molecule has 1 aromatic carbocycles. The zero-order chi connectivity index (χ0) is 28.5. The first-order valence-corrected chi connectivity index (χ1v) is 21.7. The van der Waals surface area contributed by atoms with Gasteiger partial charge in [-0.15, -0.1) is 0 Å². The molecule has 0 unspecified atom stereocenters. The Morgan fingerprint density at radius 1 is 0.947 bits per heavy atom. The Morgan fingerprint density at radius 2 is 1.45 bits per heavy atom. The maximum Gasteiger partial charge on any atom is 0.189 e. The smallest absolute Gasteiger partial charge is 0.189 e. The lowest BCUT2D eigenvalue weighted by Gasteiger charge is -2.35. The minimum Gasteiger partial charge on any atom is -0.467 e. The first-order chi connectivity index (χ1) is 17.7. The summed E-state index contributed by atoms with van der Waals surface area (Å²) in [5.41, 5.74) is 4.19. The highest BCUT2D eigenvalue weighted by atomic mass is 28.3. The molecule has 1 aliphatic carbocycles. The summed E-state index contributed by atoms with van der Waals surface area (Å²) in [4.78, 5) is 0. The number of aliphatic hydroxyl groups is 1. The predicted octanol–water partition coefficient (Wildman–Crippen LogP) is 8.01. The molecule has 0 amide bonds. The van der Waals surface area contributed by atoms with Crippen molar-refractivity contribution in [2.75, 3.05) is 26.8 Å². The molecule has 216 valence electrons. The summed E-state index contributed by atoms with van der Waals surface area (Å²) in [7, 11) is -2.35. The number of rotatable bonds is 16. The summed E-state index contributed by atoms with van der Waals surface area (Å²) in [6, 6.07) is 6.48. The fourth-order valence-electron chi connectivity index (χ4n) is 4.62. The summed E-state index contributed by atoms with van der Waals surface area (Å²) >= 11 is 0. The second-order valence-corrected chi connectivity index (χ2v) is 24.6. The SMILES string of the molecule is C=C(C)[C@@H]1C[C@H](O)C(C)=C[C@H]1c1c(OCOCC[Si](C)(C)C)cc(CCC)cc1OCOCC[Si](C)(C)C. The van der Waals surface area contributed by atoms with Crippen LogP contribution in [0.15, 0.2) is 35.9 Å². The Labute approximate surface area is 234 Å². The van der Waals surface area contributed by atoms with Crippen molar-refractivity contribution in [1.29, 1.82) is 0 Å². The van der Waals surface area contributed by atoms with Crippen LogP contribution in [0.5, 0.6) is 11.5 Å². The number of hydrogen-bond donors (Lipinski definition) is 1. The van der Waals surface area contributed by atoms with E-state index in [1.54, 1.807) is 0 Å². The molecule has 0 saturated heterocycles. The van der Waals surface area contributed by atoms with Gasteiger partial charge in [0.25, 0.3) is 0 Å². The minimum absolute atomic E-state index is 0.0134. The van der Waals surface area contributed by atoms with Gasteiger partial charge in [0.1, 0.15) is 11.5 Å². The molecule has 0 aromatic heterocycles. The van der Waals surface area contributed by atoms with E-state index in [4.69, 9.17) is 18.9 Å². The minimum atomic E-state index is -1.18. The molecular weight excluding hydrogens is 509 g/mol. The highest BCUT2D eigenvalue weighted by Crippen LogP contribution is 2.47. The number of ether oxygens (including phenoxy) is 4. The van der Waals surface area contributed by atoms with Crippen LogP contribution in [0.4, 0.5) is 0 Å². The maximum absolute atomic E-state index is 10.6. The van der Waals surface area contributed by atoms with Crippen molar-refractivity contribution in [1.82, 2.24) is 0 Å². The Balaban J connectivity index is 2.41. The third kappa shape index (κ3) is 11.0. The third-order valence-corrected chi connectivity index (χ3v) is 10.5. The second kappa shape index (κ2) is 14.8. The van der Waals surface area contributed by atoms with Crippen LogP contribution < -0.4 is 9.47 Å². The van der Waals surface area contributed by atoms with Crippen LogP contribution in [-0.4, -0.2) is 54.2 Å². The van der Waals surface area contributed by atoms with Crippen molar-refractivity contribution >= 4 is 16.1 Å². The van der Waals surface area contributed by atoms with Gasteiger partial charge in [-0.25, -0.2) is 0 Å². The van der Waals surface area contributed by atoms with Gasteiger partial charge in [-0.2, -0.15) is 0 Å². The van der Waals surface area contributed by atoms with Crippen molar-refractivity contribution in [3.63, 3.8) is 0 Å².